The van der Waals surface area contributed by atoms with E-state index in [9.17, 15) is 8.42 Å². The third-order valence-corrected chi connectivity index (χ3v) is 4.40. The number of hydrogen-bond acceptors (Lipinski definition) is 4. The van der Waals surface area contributed by atoms with Crippen molar-refractivity contribution in [2.45, 2.75) is 31.4 Å². The monoisotopic (exact) mass is 314 g/mol. The Balaban J connectivity index is 2.48. The van der Waals surface area contributed by atoms with Crippen LogP contribution in [0.4, 0.5) is 0 Å². The molecule has 0 aliphatic carbocycles. The van der Waals surface area contributed by atoms with Crippen molar-refractivity contribution in [3.8, 4) is 0 Å². The lowest BCUT2D eigenvalue weighted by Crippen LogP contribution is -2.10. The van der Waals surface area contributed by atoms with Crippen LogP contribution in [0.1, 0.15) is 13.8 Å². The summed E-state index contributed by atoms with van der Waals surface area (Å²) in [5, 5.41) is 0. The van der Waals surface area contributed by atoms with E-state index in [1.165, 1.54) is 6.26 Å². The molecule has 0 spiro atoms. The van der Waals surface area contributed by atoms with Crippen LogP contribution in [0, 0.1) is 4.77 Å². The molecular weight excluding hydrogens is 296 g/mol. The van der Waals surface area contributed by atoms with Gasteiger partial charge in [-0.2, -0.15) is 0 Å². The first kappa shape index (κ1) is 15.2. The molecule has 1 N–H and O–H groups in total. The molecule has 2 rings (SSSR count). The summed E-state index contributed by atoms with van der Waals surface area (Å²) >= 11 is 5.27. The first-order valence-corrected chi connectivity index (χ1v) is 8.64. The number of fused-ring (bicyclic) bond motifs is 1. The van der Waals surface area contributed by atoms with Crippen molar-refractivity contribution in [3.63, 3.8) is 0 Å². The molecule has 1 aromatic carbocycles. The van der Waals surface area contributed by atoms with Crippen LogP contribution < -0.4 is 0 Å². The van der Waals surface area contributed by atoms with E-state index in [2.05, 4.69) is 4.98 Å². The number of benzene rings is 1. The van der Waals surface area contributed by atoms with Crippen molar-refractivity contribution in [3.05, 3.63) is 23.0 Å². The molecule has 0 aliphatic rings. The molecule has 7 heteroatoms. The number of hydrogen-bond donors (Lipinski definition) is 1. The summed E-state index contributed by atoms with van der Waals surface area (Å²) < 4.78 is 31.4. The molecule has 0 aliphatic heterocycles. The molecule has 0 bridgehead atoms. The number of imidazole rings is 1. The summed E-state index contributed by atoms with van der Waals surface area (Å²) in [5.74, 6) is 0. The van der Waals surface area contributed by atoms with Crippen molar-refractivity contribution < 1.29 is 13.2 Å². The Hall–Kier alpha value is -1.18. The van der Waals surface area contributed by atoms with Gasteiger partial charge in [0.1, 0.15) is 0 Å². The lowest BCUT2D eigenvalue weighted by Gasteiger charge is -2.09. The highest BCUT2D eigenvalue weighted by atomic mass is 32.2. The van der Waals surface area contributed by atoms with E-state index in [-0.39, 0.29) is 11.0 Å². The average Bonchev–Trinajstić information content (AvgIpc) is 2.64. The number of H-pyrrole nitrogens is 1. The van der Waals surface area contributed by atoms with Crippen LogP contribution in [0.5, 0.6) is 0 Å². The largest absolute Gasteiger partial charge is 0.377 e. The van der Waals surface area contributed by atoms with E-state index >= 15 is 0 Å². The topological polar surface area (TPSA) is 64.1 Å². The maximum Gasteiger partial charge on any atom is 0.178 e. The number of rotatable bonds is 5. The summed E-state index contributed by atoms with van der Waals surface area (Å²) in [6, 6.07) is 5.16. The number of nitrogens with zero attached hydrogens (tertiary/aromatic N) is 1. The van der Waals surface area contributed by atoms with E-state index in [0.717, 1.165) is 5.52 Å². The van der Waals surface area contributed by atoms with Gasteiger partial charge in [-0.05, 0) is 38.2 Å². The number of para-hydroxylation sites is 1. The molecule has 1 aromatic heterocycles. The summed E-state index contributed by atoms with van der Waals surface area (Å²) in [4.78, 5) is 3.25. The molecular formula is C13H18N2O3S2. The lowest BCUT2D eigenvalue weighted by molar-refractivity contribution is 0.0731. The van der Waals surface area contributed by atoms with Gasteiger partial charge < -0.3 is 14.3 Å². The quantitative estimate of drug-likeness (QED) is 0.861. The molecule has 20 heavy (non-hydrogen) atoms. The molecule has 2 aromatic rings. The zero-order chi connectivity index (χ0) is 14.9. The van der Waals surface area contributed by atoms with Gasteiger partial charge in [-0.3, -0.25) is 0 Å². The average molecular weight is 314 g/mol. The number of ether oxygens (including phenoxy) is 1. The zero-order valence-corrected chi connectivity index (χ0v) is 13.3. The minimum atomic E-state index is -3.29. The van der Waals surface area contributed by atoms with Crippen molar-refractivity contribution in [1.29, 1.82) is 0 Å². The highest BCUT2D eigenvalue weighted by molar-refractivity contribution is 7.91. The molecule has 0 saturated carbocycles. The van der Waals surface area contributed by atoms with Crippen molar-refractivity contribution in [2.75, 3.05) is 12.9 Å². The van der Waals surface area contributed by atoms with Crippen molar-refractivity contribution in [2.24, 2.45) is 0 Å². The number of aromatic nitrogens is 2. The van der Waals surface area contributed by atoms with E-state index in [4.69, 9.17) is 17.0 Å². The normalized spacial score (nSPS) is 12.4. The van der Waals surface area contributed by atoms with Crippen LogP contribution in [-0.4, -0.2) is 36.9 Å². The molecule has 5 nitrogen and oxygen atoms in total. The van der Waals surface area contributed by atoms with E-state index in [1.54, 1.807) is 12.1 Å². The van der Waals surface area contributed by atoms with Crippen molar-refractivity contribution >= 4 is 33.1 Å². The Labute approximate surface area is 123 Å². The lowest BCUT2D eigenvalue weighted by atomic mass is 10.3. The van der Waals surface area contributed by atoms with Gasteiger partial charge in [-0.1, -0.05) is 6.07 Å². The Bertz CT molecular complexity index is 773. The fourth-order valence-electron chi connectivity index (χ4n) is 2.06. The summed E-state index contributed by atoms with van der Waals surface area (Å²) in [6.07, 6.45) is 1.35. The smallest absolute Gasteiger partial charge is 0.178 e. The second-order valence-electron chi connectivity index (χ2n) is 4.92. The fraction of sp³-hybridized carbons (Fsp3) is 0.462. The number of aromatic amines is 1. The molecule has 0 atom stereocenters. The van der Waals surface area contributed by atoms with Crippen LogP contribution in [0.15, 0.2) is 23.1 Å². The molecule has 0 amide bonds. The highest BCUT2D eigenvalue weighted by Gasteiger charge is 2.15. The molecule has 1 heterocycles. The standard InChI is InChI=1S/C13H18N2O3S2/c1-9(2)18-8-7-15-10-5-4-6-11(20(3,16)17)12(10)14-13(15)19/h4-6,9H,7-8H2,1-3H3,(H,14,19). The molecule has 0 fully saturated rings. The maximum atomic E-state index is 11.8. The van der Waals surface area contributed by atoms with E-state index in [1.807, 2.05) is 24.5 Å². The summed E-state index contributed by atoms with van der Waals surface area (Å²) in [5.41, 5.74) is 1.34. The number of sulfone groups is 1. The third kappa shape index (κ3) is 3.11. The molecule has 0 radical (unpaired) electrons. The third-order valence-electron chi connectivity index (χ3n) is 2.94. The predicted molar refractivity (Wildman–Crippen MR) is 81.3 cm³/mol. The van der Waals surface area contributed by atoms with Gasteiger partial charge in [0.25, 0.3) is 0 Å². The van der Waals surface area contributed by atoms with Gasteiger partial charge in [0.15, 0.2) is 14.6 Å². The van der Waals surface area contributed by atoms with Gasteiger partial charge in [0, 0.05) is 12.8 Å². The zero-order valence-electron chi connectivity index (χ0n) is 11.7. The Morgan fingerprint density at radius 3 is 2.70 bits per heavy atom. The first-order chi connectivity index (χ1) is 9.30. The fourth-order valence-corrected chi connectivity index (χ4v) is 3.21. The Kier molecular flexibility index (Phi) is 4.31. The highest BCUT2D eigenvalue weighted by Crippen LogP contribution is 2.22. The van der Waals surface area contributed by atoms with Crippen LogP contribution in [0.25, 0.3) is 11.0 Å². The van der Waals surface area contributed by atoms with E-state index in [0.29, 0.717) is 23.4 Å². The van der Waals surface area contributed by atoms with Gasteiger partial charge in [0.2, 0.25) is 0 Å². The minimum Gasteiger partial charge on any atom is -0.377 e. The van der Waals surface area contributed by atoms with Crippen LogP contribution >= 0.6 is 12.2 Å². The Morgan fingerprint density at radius 2 is 2.10 bits per heavy atom. The minimum absolute atomic E-state index is 0.154. The molecule has 0 unspecified atom stereocenters. The van der Waals surface area contributed by atoms with E-state index < -0.39 is 9.84 Å². The number of nitrogens with one attached hydrogen (secondary N) is 1. The van der Waals surface area contributed by atoms with Crippen LogP contribution in [-0.2, 0) is 21.1 Å². The first-order valence-electron chi connectivity index (χ1n) is 6.34. The molecule has 110 valence electrons. The van der Waals surface area contributed by atoms with Gasteiger partial charge in [-0.15, -0.1) is 0 Å². The van der Waals surface area contributed by atoms with Gasteiger partial charge >= 0.3 is 0 Å². The van der Waals surface area contributed by atoms with Gasteiger partial charge in [-0.25, -0.2) is 8.42 Å². The second-order valence-corrected chi connectivity index (χ2v) is 7.29. The summed E-state index contributed by atoms with van der Waals surface area (Å²) in [7, 11) is -3.29. The second kappa shape index (κ2) is 5.67. The maximum absolute atomic E-state index is 11.8. The van der Waals surface area contributed by atoms with Crippen LogP contribution in [0.3, 0.4) is 0 Å². The summed E-state index contributed by atoms with van der Waals surface area (Å²) in [6.45, 7) is 5.05. The predicted octanol–water partition coefficient (Wildman–Crippen LogP) is 2.53. The van der Waals surface area contributed by atoms with Crippen molar-refractivity contribution in [1.82, 2.24) is 9.55 Å². The molecule has 0 saturated heterocycles. The SMILES string of the molecule is CC(C)OCCn1c(=S)[nH]c2c(S(C)(=O)=O)cccc21. The Morgan fingerprint density at radius 1 is 1.40 bits per heavy atom. The van der Waals surface area contributed by atoms with Crippen LogP contribution in [0.2, 0.25) is 0 Å². The van der Waals surface area contributed by atoms with Gasteiger partial charge in [0.05, 0.1) is 28.6 Å².